The van der Waals surface area contributed by atoms with Crippen molar-refractivity contribution in [2.45, 2.75) is 90.1 Å². The number of hydrogen-bond acceptors (Lipinski definition) is 6. The summed E-state index contributed by atoms with van der Waals surface area (Å²) >= 11 is 0. The Labute approximate surface area is 177 Å². The zero-order chi connectivity index (χ0) is 22.4. The molecule has 0 amide bonds. The molecule has 1 aliphatic rings. The van der Waals surface area contributed by atoms with Crippen LogP contribution in [0.4, 0.5) is 0 Å². The zero-order valence-corrected chi connectivity index (χ0v) is 17.9. The highest BCUT2D eigenvalue weighted by molar-refractivity contribution is 5.73. The average molecular weight is 423 g/mol. The van der Waals surface area contributed by atoms with Gasteiger partial charge in [-0.25, -0.2) is 0 Å². The van der Waals surface area contributed by atoms with Crippen LogP contribution in [-0.2, 0) is 27.2 Å². The van der Waals surface area contributed by atoms with Gasteiger partial charge in [-0.05, 0) is 83.3 Å². The lowest BCUT2D eigenvalue weighted by atomic mass is 9.87. The Morgan fingerprint density at radius 2 is 1.73 bits per heavy atom. The first kappa shape index (κ1) is 23.8. The van der Waals surface area contributed by atoms with E-state index in [0.717, 1.165) is 44.9 Å². The van der Waals surface area contributed by atoms with Crippen molar-refractivity contribution in [3.63, 3.8) is 0 Å². The monoisotopic (exact) mass is 422 g/mol. The van der Waals surface area contributed by atoms with Crippen molar-refractivity contribution in [2.24, 2.45) is 5.41 Å². The van der Waals surface area contributed by atoms with Crippen molar-refractivity contribution in [3.05, 3.63) is 17.2 Å². The van der Waals surface area contributed by atoms with Crippen molar-refractivity contribution in [1.29, 1.82) is 0 Å². The fourth-order valence-electron chi connectivity index (χ4n) is 3.77. The number of rotatable bonds is 14. The van der Waals surface area contributed by atoms with Gasteiger partial charge in [0.25, 0.3) is 6.47 Å². The summed E-state index contributed by atoms with van der Waals surface area (Å²) in [6, 6.07) is 1.40. The third-order valence-corrected chi connectivity index (χ3v) is 6.17. The lowest BCUT2D eigenvalue weighted by molar-refractivity contribution is -0.147. The van der Waals surface area contributed by atoms with E-state index in [2.05, 4.69) is 0 Å². The Hall–Kier alpha value is -2.44. The SMILES string of the molecule is CC(C)(CCCCCc1c(O)c(O)cc(CCCCC2(OC=O)CC2)c1O)C(=O)O. The standard InChI is InChI=1S/C23H34O7/c1-22(2,21(28)29)10-6-3-4-9-17-19(26)16(14-18(25)20(17)27)8-5-7-11-23(12-13-23)30-15-24/h14-15,25-27H,3-13H2,1-2H3,(H,28,29). The molecule has 1 saturated carbocycles. The van der Waals surface area contributed by atoms with E-state index in [0.29, 0.717) is 43.3 Å². The number of ether oxygens (including phenoxy) is 1. The molecule has 0 unspecified atom stereocenters. The first-order valence-corrected chi connectivity index (χ1v) is 10.7. The summed E-state index contributed by atoms with van der Waals surface area (Å²) in [7, 11) is 0. The Kier molecular flexibility index (Phi) is 7.98. The molecule has 1 aromatic carbocycles. The molecule has 1 aromatic rings. The van der Waals surface area contributed by atoms with Gasteiger partial charge in [-0.1, -0.05) is 12.8 Å². The minimum Gasteiger partial charge on any atom is -0.507 e. The van der Waals surface area contributed by atoms with E-state index < -0.39 is 11.4 Å². The first-order valence-electron chi connectivity index (χ1n) is 10.7. The van der Waals surface area contributed by atoms with Gasteiger partial charge in [0.2, 0.25) is 0 Å². The fraction of sp³-hybridized carbons (Fsp3) is 0.652. The highest BCUT2D eigenvalue weighted by atomic mass is 16.5. The van der Waals surface area contributed by atoms with Crippen LogP contribution in [-0.4, -0.2) is 38.5 Å². The molecule has 0 spiro atoms. The Balaban J connectivity index is 1.86. The Bertz CT molecular complexity index is 750. The number of carboxylic acid groups (broad SMARTS) is 1. The Morgan fingerprint density at radius 3 is 2.33 bits per heavy atom. The molecule has 30 heavy (non-hydrogen) atoms. The maximum Gasteiger partial charge on any atom is 0.309 e. The molecule has 1 aliphatic carbocycles. The molecule has 0 atom stereocenters. The number of phenolic OH excluding ortho intramolecular Hbond substituents is 3. The van der Waals surface area contributed by atoms with E-state index in [9.17, 15) is 24.9 Å². The van der Waals surface area contributed by atoms with E-state index in [1.807, 2.05) is 0 Å². The summed E-state index contributed by atoms with van der Waals surface area (Å²) in [5.74, 6) is -1.34. The molecule has 2 rings (SSSR count). The number of aryl methyl sites for hydroxylation is 1. The number of benzene rings is 1. The van der Waals surface area contributed by atoms with Crippen molar-refractivity contribution in [1.82, 2.24) is 0 Å². The summed E-state index contributed by atoms with van der Waals surface area (Å²) in [5.41, 5.74) is -0.126. The van der Waals surface area contributed by atoms with E-state index >= 15 is 0 Å². The molecule has 0 aliphatic heterocycles. The van der Waals surface area contributed by atoms with Gasteiger partial charge in [0.1, 0.15) is 11.4 Å². The molecule has 7 heteroatoms. The van der Waals surface area contributed by atoms with Crippen LogP contribution in [0.3, 0.4) is 0 Å². The van der Waals surface area contributed by atoms with Gasteiger partial charge in [-0.3, -0.25) is 9.59 Å². The van der Waals surface area contributed by atoms with E-state index in [-0.39, 0.29) is 22.8 Å². The van der Waals surface area contributed by atoms with Gasteiger partial charge in [0.05, 0.1) is 5.41 Å². The topological polar surface area (TPSA) is 124 Å². The van der Waals surface area contributed by atoms with Crippen molar-refractivity contribution in [2.75, 3.05) is 0 Å². The molecule has 0 heterocycles. The lowest BCUT2D eigenvalue weighted by Crippen LogP contribution is -2.23. The number of carbonyl (C=O) groups is 2. The van der Waals surface area contributed by atoms with Gasteiger partial charge in [0, 0.05) is 5.56 Å². The van der Waals surface area contributed by atoms with Crippen LogP contribution in [0.2, 0.25) is 0 Å². The summed E-state index contributed by atoms with van der Waals surface area (Å²) < 4.78 is 5.13. The van der Waals surface area contributed by atoms with Crippen LogP contribution >= 0.6 is 0 Å². The molecule has 0 bridgehead atoms. The van der Waals surface area contributed by atoms with Gasteiger partial charge in [0.15, 0.2) is 11.5 Å². The molecule has 4 N–H and O–H groups in total. The maximum atomic E-state index is 11.2. The second kappa shape index (κ2) is 10.0. The smallest absolute Gasteiger partial charge is 0.309 e. The van der Waals surface area contributed by atoms with Crippen molar-refractivity contribution in [3.8, 4) is 17.2 Å². The zero-order valence-electron chi connectivity index (χ0n) is 17.9. The fourth-order valence-corrected chi connectivity index (χ4v) is 3.77. The van der Waals surface area contributed by atoms with Gasteiger partial charge in [-0.2, -0.15) is 0 Å². The van der Waals surface area contributed by atoms with E-state index in [1.54, 1.807) is 13.8 Å². The summed E-state index contributed by atoms with van der Waals surface area (Å²) in [6.45, 7) is 3.90. The number of carbonyl (C=O) groups excluding carboxylic acids is 1. The summed E-state index contributed by atoms with van der Waals surface area (Å²) in [4.78, 5) is 21.7. The van der Waals surface area contributed by atoms with E-state index in [1.165, 1.54) is 6.07 Å². The molecule has 0 aromatic heterocycles. The highest BCUT2D eigenvalue weighted by Gasteiger charge is 2.44. The molecule has 7 nitrogen and oxygen atoms in total. The minimum absolute atomic E-state index is 0.0152. The number of aliphatic carboxylic acids is 1. The van der Waals surface area contributed by atoms with Gasteiger partial charge >= 0.3 is 5.97 Å². The highest BCUT2D eigenvalue weighted by Crippen LogP contribution is 2.44. The molecular formula is C23H34O7. The molecule has 1 fully saturated rings. The third kappa shape index (κ3) is 6.28. The van der Waals surface area contributed by atoms with Gasteiger partial charge < -0.3 is 25.2 Å². The molecule has 0 radical (unpaired) electrons. The number of unbranched alkanes of at least 4 members (excludes halogenated alkanes) is 3. The predicted octanol–water partition coefficient (Wildman–Crippen LogP) is 4.44. The third-order valence-electron chi connectivity index (χ3n) is 6.17. The first-order chi connectivity index (χ1) is 14.1. The van der Waals surface area contributed by atoms with Crippen LogP contribution in [0.1, 0.15) is 82.8 Å². The summed E-state index contributed by atoms with van der Waals surface area (Å²) in [6.07, 6.45) is 7.86. The van der Waals surface area contributed by atoms with Gasteiger partial charge in [-0.15, -0.1) is 0 Å². The van der Waals surface area contributed by atoms with E-state index in [4.69, 9.17) is 9.84 Å². The number of phenols is 3. The minimum atomic E-state index is -0.819. The summed E-state index contributed by atoms with van der Waals surface area (Å²) in [5, 5.41) is 40.0. The van der Waals surface area contributed by atoms with Crippen molar-refractivity contribution < 1.29 is 34.8 Å². The maximum absolute atomic E-state index is 11.2. The normalized spacial score (nSPS) is 15.0. The van der Waals surface area contributed by atoms with Crippen LogP contribution in [0.15, 0.2) is 6.07 Å². The largest absolute Gasteiger partial charge is 0.507 e. The van der Waals surface area contributed by atoms with Crippen molar-refractivity contribution >= 4 is 12.4 Å². The molecular weight excluding hydrogens is 388 g/mol. The number of hydrogen-bond donors (Lipinski definition) is 4. The molecule has 0 saturated heterocycles. The van der Waals surface area contributed by atoms with Crippen LogP contribution < -0.4 is 0 Å². The van der Waals surface area contributed by atoms with Crippen LogP contribution in [0.5, 0.6) is 17.2 Å². The average Bonchev–Trinajstić information content (AvgIpc) is 3.44. The second-order valence-electron chi connectivity index (χ2n) is 9.08. The number of aromatic hydroxyl groups is 3. The number of carboxylic acids is 1. The lowest BCUT2D eigenvalue weighted by Gasteiger charge is -2.18. The Morgan fingerprint density at radius 1 is 1.07 bits per heavy atom. The van der Waals surface area contributed by atoms with Crippen LogP contribution in [0, 0.1) is 5.41 Å². The second-order valence-corrected chi connectivity index (χ2v) is 9.08. The predicted molar refractivity (Wildman–Crippen MR) is 112 cm³/mol. The quantitative estimate of drug-likeness (QED) is 0.151. The molecule has 168 valence electrons. The van der Waals surface area contributed by atoms with Crippen LogP contribution in [0.25, 0.3) is 0 Å².